The van der Waals surface area contributed by atoms with E-state index in [2.05, 4.69) is 15.5 Å². The molecule has 1 fully saturated rings. The van der Waals surface area contributed by atoms with E-state index in [0.29, 0.717) is 35.5 Å². The number of rotatable bonds is 5. The number of nitrogens with one attached hydrogen (secondary N) is 1. The van der Waals surface area contributed by atoms with Gasteiger partial charge in [0.05, 0.1) is 11.6 Å². The molecule has 26 heavy (non-hydrogen) atoms. The zero-order chi connectivity index (χ0) is 18.7. The van der Waals surface area contributed by atoms with Gasteiger partial charge in [0.2, 0.25) is 5.89 Å². The normalized spacial score (nSPS) is 17.1. The molecule has 2 heterocycles. The Kier molecular flexibility index (Phi) is 5.60. The van der Waals surface area contributed by atoms with Gasteiger partial charge in [0.15, 0.2) is 5.82 Å². The third-order valence-corrected chi connectivity index (χ3v) is 4.81. The first-order chi connectivity index (χ1) is 12.4. The number of hydrogen-bond donors (Lipinski definition) is 2. The van der Waals surface area contributed by atoms with Gasteiger partial charge in [-0.05, 0) is 50.8 Å². The molecule has 0 saturated carbocycles. The van der Waals surface area contributed by atoms with Crippen molar-refractivity contribution in [3.05, 3.63) is 46.6 Å². The fourth-order valence-corrected chi connectivity index (χ4v) is 3.13. The van der Waals surface area contributed by atoms with Gasteiger partial charge in [-0.15, -0.1) is 0 Å². The monoisotopic (exact) mass is 378 g/mol. The quantitative estimate of drug-likeness (QED) is 0.829. The standard InChI is InChI=1S/C18H23ClN4O3/c1-18(2,22-15(24)12-4-3-5-13(19)10-12)17-21-16(26-23-17)14(20)11-6-8-25-9-7-11/h3-5,10-11,14H,6-9,20H2,1-2H3,(H,22,24)/t14-/m0/s1. The van der Waals surface area contributed by atoms with Crippen molar-refractivity contribution in [1.82, 2.24) is 15.5 Å². The summed E-state index contributed by atoms with van der Waals surface area (Å²) in [4.78, 5) is 16.9. The summed E-state index contributed by atoms with van der Waals surface area (Å²) in [7, 11) is 0. The average Bonchev–Trinajstić information content (AvgIpc) is 3.12. The van der Waals surface area contributed by atoms with Crippen LogP contribution in [-0.2, 0) is 10.3 Å². The third-order valence-electron chi connectivity index (χ3n) is 4.57. The minimum atomic E-state index is -0.823. The molecule has 0 radical (unpaired) electrons. The molecule has 1 aromatic heterocycles. The first-order valence-electron chi connectivity index (χ1n) is 8.62. The zero-order valence-corrected chi connectivity index (χ0v) is 15.6. The number of hydrogen-bond acceptors (Lipinski definition) is 6. The van der Waals surface area contributed by atoms with Gasteiger partial charge in [-0.2, -0.15) is 4.98 Å². The second-order valence-corrected chi connectivity index (χ2v) is 7.46. The van der Waals surface area contributed by atoms with Crippen LogP contribution in [0.2, 0.25) is 5.02 Å². The maximum absolute atomic E-state index is 12.5. The van der Waals surface area contributed by atoms with E-state index in [1.807, 2.05) is 13.8 Å². The Morgan fingerprint density at radius 3 is 2.81 bits per heavy atom. The van der Waals surface area contributed by atoms with Crippen LogP contribution in [0.5, 0.6) is 0 Å². The summed E-state index contributed by atoms with van der Waals surface area (Å²) in [5.41, 5.74) is 5.92. The Morgan fingerprint density at radius 2 is 2.12 bits per heavy atom. The van der Waals surface area contributed by atoms with Gasteiger partial charge in [-0.1, -0.05) is 22.8 Å². The summed E-state index contributed by atoms with van der Waals surface area (Å²) in [5.74, 6) is 0.751. The molecule has 1 aromatic carbocycles. The Balaban J connectivity index is 1.71. The summed E-state index contributed by atoms with van der Waals surface area (Å²) in [6.07, 6.45) is 1.74. The van der Waals surface area contributed by atoms with E-state index in [1.165, 1.54) is 0 Å². The molecule has 1 aliphatic rings. The van der Waals surface area contributed by atoms with Crippen molar-refractivity contribution < 1.29 is 14.1 Å². The van der Waals surface area contributed by atoms with Crippen molar-refractivity contribution in [3.63, 3.8) is 0 Å². The van der Waals surface area contributed by atoms with Gasteiger partial charge >= 0.3 is 0 Å². The van der Waals surface area contributed by atoms with E-state index in [0.717, 1.165) is 12.8 Å². The topological polar surface area (TPSA) is 103 Å². The predicted octanol–water partition coefficient (Wildman–Crippen LogP) is 2.81. The highest BCUT2D eigenvalue weighted by atomic mass is 35.5. The number of carbonyl (C=O) groups is 1. The van der Waals surface area contributed by atoms with Crippen molar-refractivity contribution in [3.8, 4) is 0 Å². The number of aromatic nitrogens is 2. The summed E-state index contributed by atoms with van der Waals surface area (Å²) >= 11 is 5.95. The molecule has 0 bridgehead atoms. The van der Waals surface area contributed by atoms with E-state index < -0.39 is 5.54 Å². The minimum Gasteiger partial charge on any atom is -0.381 e. The van der Waals surface area contributed by atoms with Crippen molar-refractivity contribution in [2.24, 2.45) is 11.7 Å². The molecule has 3 rings (SSSR count). The molecule has 0 unspecified atom stereocenters. The molecule has 0 aliphatic carbocycles. The van der Waals surface area contributed by atoms with Crippen LogP contribution in [0.3, 0.4) is 0 Å². The van der Waals surface area contributed by atoms with E-state index in [9.17, 15) is 4.79 Å². The highest BCUT2D eigenvalue weighted by Gasteiger charge is 2.32. The molecule has 2 aromatic rings. The van der Waals surface area contributed by atoms with Gasteiger partial charge in [-0.3, -0.25) is 4.79 Å². The van der Waals surface area contributed by atoms with Crippen LogP contribution < -0.4 is 11.1 Å². The fraction of sp³-hybridized carbons (Fsp3) is 0.500. The molecule has 140 valence electrons. The molecule has 1 aliphatic heterocycles. The number of nitrogens with two attached hydrogens (primary N) is 1. The van der Waals surface area contributed by atoms with Crippen LogP contribution in [0.1, 0.15) is 54.8 Å². The lowest BCUT2D eigenvalue weighted by molar-refractivity contribution is 0.0546. The summed E-state index contributed by atoms with van der Waals surface area (Å²) in [5, 5.41) is 7.43. The zero-order valence-electron chi connectivity index (χ0n) is 14.9. The number of ether oxygens (including phenoxy) is 1. The highest BCUT2D eigenvalue weighted by Crippen LogP contribution is 2.28. The predicted molar refractivity (Wildman–Crippen MR) is 96.7 cm³/mol. The number of carbonyl (C=O) groups excluding carboxylic acids is 1. The molecule has 8 heteroatoms. The molecule has 1 atom stereocenters. The summed E-state index contributed by atoms with van der Waals surface area (Å²) < 4.78 is 10.7. The highest BCUT2D eigenvalue weighted by molar-refractivity contribution is 6.30. The summed E-state index contributed by atoms with van der Waals surface area (Å²) in [6.45, 7) is 5.01. The third kappa shape index (κ3) is 4.23. The number of nitrogens with zero attached hydrogens (tertiary/aromatic N) is 2. The van der Waals surface area contributed by atoms with Gasteiger partial charge < -0.3 is 20.3 Å². The van der Waals surface area contributed by atoms with Crippen molar-refractivity contribution in [2.75, 3.05) is 13.2 Å². The van der Waals surface area contributed by atoms with E-state index in [1.54, 1.807) is 24.3 Å². The van der Waals surface area contributed by atoms with Crippen LogP contribution >= 0.6 is 11.6 Å². The van der Waals surface area contributed by atoms with Crippen molar-refractivity contribution in [2.45, 2.75) is 38.3 Å². The van der Waals surface area contributed by atoms with Crippen LogP contribution in [0, 0.1) is 5.92 Å². The smallest absolute Gasteiger partial charge is 0.252 e. The number of amides is 1. The first kappa shape index (κ1) is 18.8. The number of halogens is 1. The molecule has 1 amide bonds. The van der Waals surface area contributed by atoms with Crippen LogP contribution in [0.4, 0.5) is 0 Å². The van der Waals surface area contributed by atoms with Crippen LogP contribution in [0.15, 0.2) is 28.8 Å². The van der Waals surface area contributed by atoms with Crippen molar-refractivity contribution >= 4 is 17.5 Å². The minimum absolute atomic E-state index is 0.251. The van der Waals surface area contributed by atoms with Gasteiger partial charge in [0.1, 0.15) is 0 Å². The van der Waals surface area contributed by atoms with Gasteiger partial charge in [0, 0.05) is 23.8 Å². The lowest BCUT2D eigenvalue weighted by atomic mass is 9.92. The van der Waals surface area contributed by atoms with E-state index in [-0.39, 0.29) is 17.9 Å². The largest absolute Gasteiger partial charge is 0.381 e. The van der Waals surface area contributed by atoms with Crippen LogP contribution in [0.25, 0.3) is 0 Å². The molecule has 0 spiro atoms. The second-order valence-electron chi connectivity index (χ2n) is 7.02. The Hall–Kier alpha value is -1.96. The van der Waals surface area contributed by atoms with Crippen molar-refractivity contribution in [1.29, 1.82) is 0 Å². The number of benzene rings is 1. The van der Waals surface area contributed by atoms with E-state index in [4.69, 9.17) is 26.6 Å². The molecular formula is C18H23ClN4O3. The van der Waals surface area contributed by atoms with Crippen LogP contribution in [-0.4, -0.2) is 29.3 Å². The maximum Gasteiger partial charge on any atom is 0.252 e. The summed E-state index contributed by atoms with van der Waals surface area (Å²) in [6, 6.07) is 6.41. The average molecular weight is 379 g/mol. The fourth-order valence-electron chi connectivity index (χ4n) is 2.94. The maximum atomic E-state index is 12.5. The molecule has 1 saturated heterocycles. The van der Waals surface area contributed by atoms with E-state index >= 15 is 0 Å². The lowest BCUT2D eigenvalue weighted by Gasteiger charge is -2.25. The first-order valence-corrected chi connectivity index (χ1v) is 9.00. The van der Waals surface area contributed by atoms with Gasteiger partial charge in [0.25, 0.3) is 5.91 Å². The molecule has 7 nitrogen and oxygen atoms in total. The SMILES string of the molecule is CC(C)(NC(=O)c1cccc(Cl)c1)c1noc([C@@H](N)C2CCOCC2)n1. The Morgan fingerprint density at radius 1 is 1.38 bits per heavy atom. The lowest BCUT2D eigenvalue weighted by Crippen LogP contribution is -2.42. The van der Waals surface area contributed by atoms with Gasteiger partial charge in [-0.25, -0.2) is 0 Å². The Bertz CT molecular complexity index is 771. The Labute approximate surface area is 157 Å². The molecule has 3 N–H and O–H groups in total. The second kappa shape index (κ2) is 7.73. The molecular weight excluding hydrogens is 356 g/mol.